The van der Waals surface area contributed by atoms with Crippen LogP contribution in [0.2, 0.25) is 0 Å². The number of carboxylic acids is 1. The molecule has 0 atom stereocenters. The topological polar surface area (TPSA) is 92.5 Å². The van der Waals surface area contributed by atoms with Crippen LogP contribution in [0.5, 0.6) is 0 Å². The smallest absolute Gasteiger partial charge is 0.323 e. The number of hydrogen-bond donors (Lipinski definition) is 1. The maximum absolute atomic E-state index is 13.1. The first-order valence-electron chi connectivity index (χ1n) is 10.7. The summed E-state index contributed by atoms with van der Waals surface area (Å²) in [6.45, 7) is 4.96. The van der Waals surface area contributed by atoms with Gasteiger partial charge in [-0.15, -0.1) is 11.8 Å². The van der Waals surface area contributed by atoms with Gasteiger partial charge < -0.3 is 9.67 Å². The number of aliphatic carboxylic acids is 1. The second-order valence-corrected chi connectivity index (χ2v) is 11.9. The fraction of sp³-hybridized carbons (Fsp3) is 0.391. The van der Waals surface area contributed by atoms with Gasteiger partial charge in [-0.05, 0) is 54.7 Å². The van der Waals surface area contributed by atoms with Crippen molar-refractivity contribution < 1.29 is 18.3 Å². The third-order valence-electron chi connectivity index (χ3n) is 5.75. The number of thioether (sulfide) groups is 1. The highest BCUT2D eigenvalue weighted by Gasteiger charge is 2.31. The zero-order valence-electron chi connectivity index (χ0n) is 18.1. The van der Waals surface area contributed by atoms with E-state index in [9.17, 15) is 18.3 Å². The van der Waals surface area contributed by atoms with E-state index in [-0.39, 0.29) is 12.5 Å². The van der Waals surface area contributed by atoms with Crippen molar-refractivity contribution in [3.8, 4) is 0 Å². The van der Waals surface area contributed by atoms with E-state index in [0.29, 0.717) is 36.1 Å². The predicted molar refractivity (Wildman–Crippen MR) is 126 cm³/mol. The van der Waals surface area contributed by atoms with Crippen molar-refractivity contribution >= 4 is 38.7 Å². The molecule has 0 aliphatic carbocycles. The molecule has 0 bridgehead atoms. The molecule has 1 N–H and O–H groups in total. The molecule has 3 aromatic rings. The minimum absolute atomic E-state index is 0.124. The predicted octanol–water partition coefficient (Wildman–Crippen LogP) is 4.19. The van der Waals surface area contributed by atoms with Crippen LogP contribution in [0.1, 0.15) is 38.2 Å². The van der Waals surface area contributed by atoms with Gasteiger partial charge in [0.2, 0.25) is 10.0 Å². The first-order chi connectivity index (χ1) is 15.3. The Morgan fingerprint density at radius 2 is 1.88 bits per heavy atom. The van der Waals surface area contributed by atoms with Crippen molar-refractivity contribution in [1.82, 2.24) is 13.9 Å². The van der Waals surface area contributed by atoms with Gasteiger partial charge in [-0.2, -0.15) is 4.31 Å². The van der Waals surface area contributed by atoms with Crippen LogP contribution in [0.3, 0.4) is 0 Å². The second kappa shape index (κ2) is 9.25. The lowest BCUT2D eigenvalue weighted by atomic mass is 9.90. The average molecular weight is 474 g/mol. The summed E-state index contributed by atoms with van der Waals surface area (Å²) in [5, 5.41) is 10.6. The Bertz CT molecular complexity index is 1210. The average Bonchev–Trinajstić information content (AvgIpc) is 3.12. The molecule has 0 amide bonds. The molecule has 7 nitrogen and oxygen atoms in total. The summed E-state index contributed by atoms with van der Waals surface area (Å²) in [6.07, 6.45) is 6.66. The Morgan fingerprint density at radius 1 is 1.19 bits per heavy atom. The lowest BCUT2D eigenvalue weighted by molar-refractivity contribution is -0.137. The van der Waals surface area contributed by atoms with Gasteiger partial charge in [0.15, 0.2) is 0 Å². The van der Waals surface area contributed by atoms with E-state index in [1.165, 1.54) is 0 Å². The minimum Gasteiger partial charge on any atom is -0.480 e. The van der Waals surface area contributed by atoms with Crippen LogP contribution in [0.4, 0.5) is 0 Å². The number of aromatic nitrogens is 2. The van der Waals surface area contributed by atoms with Crippen molar-refractivity contribution in [1.29, 1.82) is 0 Å². The summed E-state index contributed by atoms with van der Waals surface area (Å²) >= 11 is 1.71. The number of nitrogens with zero attached hydrogens (tertiary/aromatic N) is 3. The molecular weight excluding hydrogens is 446 g/mol. The zero-order valence-corrected chi connectivity index (χ0v) is 19.8. The number of piperidine rings is 1. The van der Waals surface area contributed by atoms with Crippen LogP contribution in [-0.2, 0) is 21.4 Å². The maximum Gasteiger partial charge on any atom is 0.323 e. The van der Waals surface area contributed by atoms with Crippen molar-refractivity contribution in [2.24, 2.45) is 0 Å². The monoisotopic (exact) mass is 473 g/mol. The second-order valence-electron chi connectivity index (χ2n) is 8.32. The summed E-state index contributed by atoms with van der Waals surface area (Å²) in [5.41, 5.74) is 1.86. The van der Waals surface area contributed by atoms with Gasteiger partial charge in [-0.1, -0.05) is 13.8 Å². The van der Waals surface area contributed by atoms with Crippen molar-refractivity contribution in [2.45, 2.75) is 54.2 Å². The molecule has 1 aliphatic rings. The number of rotatable bonds is 7. The van der Waals surface area contributed by atoms with Crippen LogP contribution < -0.4 is 0 Å². The van der Waals surface area contributed by atoms with Crippen molar-refractivity contribution in [3.63, 3.8) is 0 Å². The van der Waals surface area contributed by atoms with Gasteiger partial charge in [-0.3, -0.25) is 9.78 Å². The number of fused-ring (bicyclic) bond motifs is 1. The number of carbonyl (C=O) groups is 1. The lowest BCUT2D eigenvalue weighted by Gasteiger charge is -2.31. The fourth-order valence-corrected chi connectivity index (χ4v) is 6.59. The van der Waals surface area contributed by atoms with Crippen molar-refractivity contribution in [3.05, 3.63) is 54.5 Å². The third-order valence-corrected chi connectivity index (χ3v) is 8.68. The first kappa shape index (κ1) is 22.8. The molecule has 1 saturated heterocycles. The molecule has 3 heterocycles. The Hall–Kier alpha value is -2.36. The van der Waals surface area contributed by atoms with Crippen LogP contribution >= 0.6 is 11.8 Å². The molecule has 1 aliphatic heterocycles. The van der Waals surface area contributed by atoms with Crippen LogP contribution in [0, 0.1) is 0 Å². The fourth-order valence-electron chi connectivity index (χ4n) is 4.29. The molecule has 0 spiro atoms. The van der Waals surface area contributed by atoms with Gasteiger partial charge in [0.25, 0.3) is 0 Å². The summed E-state index contributed by atoms with van der Waals surface area (Å²) < 4.78 is 29.6. The third kappa shape index (κ3) is 4.69. The van der Waals surface area contributed by atoms with Gasteiger partial charge in [0.1, 0.15) is 6.54 Å². The van der Waals surface area contributed by atoms with E-state index in [1.54, 1.807) is 45.2 Å². The number of hydrogen-bond acceptors (Lipinski definition) is 5. The summed E-state index contributed by atoms with van der Waals surface area (Å²) in [6, 6.07) is 9.03. The molecule has 0 saturated carbocycles. The highest BCUT2D eigenvalue weighted by atomic mass is 32.2. The van der Waals surface area contributed by atoms with E-state index in [2.05, 4.69) is 18.8 Å². The highest BCUT2D eigenvalue weighted by molar-refractivity contribution is 7.99. The van der Waals surface area contributed by atoms with Crippen LogP contribution in [0.25, 0.3) is 10.9 Å². The summed E-state index contributed by atoms with van der Waals surface area (Å²) in [4.78, 5) is 16.8. The highest BCUT2D eigenvalue weighted by Crippen LogP contribution is 2.36. The maximum atomic E-state index is 13.1. The standard InChI is InChI=1S/C23H27N3O4S2/c1-16(2)31-18-3-5-19(6-4-18)32(29,30)26-11-8-17(9-12-26)21-14-25(15-23(27)28)22-13-24-10-7-20(21)22/h3-7,10,13-14,16-17H,8-9,11-12,15H2,1-2H3,(H,27,28). The van der Waals surface area contributed by atoms with E-state index < -0.39 is 16.0 Å². The number of pyridine rings is 1. The summed E-state index contributed by atoms with van der Waals surface area (Å²) in [5.74, 6) is -0.734. The van der Waals surface area contributed by atoms with Crippen LogP contribution in [0.15, 0.2) is 58.7 Å². The summed E-state index contributed by atoms with van der Waals surface area (Å²) in [7, 11) is -3.53. The normalized spacial score (nSPS) is 16.1. The molecule has 2 aromatic heterocycles. The van der Waals surface area contributed by atoms with Gasteiger partial charge in [0.05, 0.1) is 16.6 Å². The molecular formula is C23H27N3O4S2. The number of benzene rings is 1. The molecule has 0 radical (unpaired) electrons. The zero-order chi connectivity index (χ0) is 22.9. The van der Waals surface area contributed by atoms with E-state index in [0.717, 1.165) is 21.4 Å². The molecule has 9 heteroatoms. The molecule has 4 rings (SSSR count). The van der Waals surface area contributed by atoms with E-state index >= 15 is 0 Å². The SMILES string of the molecule is CC(C)Sc1ccc(S(=O)(=O)N2CCC(c3cn(CC(=O)O)c4cnccc34)CC2)cc1. The quantitative estimate of drug-likeness (QED) is 0.517. The largest absolute Gasteiger partial charge is 0.480 e. The minimum atomic E-state index is -3.53. The Kier molecular flexibility index (Phi) is 6.60. The lowest BCUT2D eigenvalue weighted by Crippen LogP contribution is -2.37. The van der Waals surface area contributed by atoms with Crippen LogP contribution in [-0.4, -0.2) is 51.7 Å². The molecule has 1 aromatic carbocycles. The molecule has 32 heavy (non-hydrogen) atoms. The Balaban J connectivity index is 1.50. The molecule has 1 fully saturated rings. The Morgan fingerprint density at radius 3 is 2.50 bits per heavy atom. The molecule has 170 valence electrons. The van der Waals surface area contributed by atoms with Gasteiger partial charge in [-0.25, -0.2) is 8.42 Å². The first-order valence-corrected chi connectivity index (χ1v) is 13.0. The van der Waals surface area contributed by atoms with Crippen molar-refractivity contribution in [2.75, 3.05) is 13.1 Å². The van der Waals surface area contributed by atoms with E-state index in [4.69, 9.17) is 0 Å². The molecule has 0 unspecified atom stereocenters. The van der Waals surface area contributed by atoms with Gasteiger partial charge in [0, 0.05) is 41.0 Å². The van der Waals surface area contributed by atoms with Gasteiger partial charge >= 0.3 is 5.97 Å². The van der Waals surface area contributed by atoms with E-state index in [1.807, 2.05) is 24.4 Å². The number of carboxylic acid groups (broad SMARTS) is 1. The Labute approximate surface area is 192 Å². The number of sulfonamides is 1.